The molecule has 134 valence electrons. The summed E-state index contributed by atoms with van der Waals surface area (Å²) in [7, 11) is 1.49. The van der Waals surface area contributed by atoms with Gasteiger partial charge in [-0.1, -0.05) is 6.07 Å². The van der Waals surface area contributed by atoms with E-state index in [1.54, 1.807) is 25.1 Å². The zero-order valence-corrected chi connectivity index (χ0v) is 13.9. The van der Waals surface area contributed by atoms with Gasteiger partial charge >= 0.3 is 12.1 Å². The Morgan fingerprint density at radius 2 is 1.92 bits per heavy atom. The van der Waals surface area contributed by atoms with Crippen LogP contribution in [-0.2, 0) is 16.0 Å². The van der Waals surface area contributed by atoms with Gasteiger partial charge in [0.15, 0.2) is 17.6 Å². The number of hydrogen-bond acceptors (Lipinski definition) is 6. The van der Waals surface area contributed by atoms with Crippen molar-refractivity contribution in [2.24, 2.45) is 0 Å². The van der Waals surface area contributed by atoms with Crippen molar-refractivity contribution in [3.05, 3.63) is 23.8 Å². The molecule has 2 unspecified atom stereocenters. The summed E-state index contributed by atoms with van der Waals surface area (Å²) >= 11 is 0. The Morgan fingerprint density at radius 1 is 1.21 bits per heavy atom. The number of carbonyl (C=O) groups is 2. The summed E-state index contributed by atoms with van der Waals surface area (Å²) in [6.07, 6.45) is -2.48. The Labute approximate surface area is 140 Å². The molecule has 0 radical (unpaired) electrons. The van der Waals surface area contributed by atoms with Crippen LogP contribution < -0.4 is 14.8 Å². The summed E-state index contributed by atoms with van der Waals surface area (Å²) in [5.41, 5.74) is 0.664. The number of aliphatic hydroxyl groups excluding tert-OH is 1. The van der Waals surface area contributed by atoms with Crippen LogP contribution in [0, 0.1) is 0 Å². The number of aliphatic carboxylic acids is 1. The molecular formula is C16H23NO7. The molecule has 0 aliphatic carbocycles. The van der Waals surface area contributed by atoms with Crippen molar-refractivity contribution >= 4 is 12.1 Å². The lowest BCUT2D eigenvalue weighted by Gasteiger charge is -2.21. The molecule has 1 aromatic rings. The third-order valence-corrected chi connectivity index (χ3v) is 3.20. The zero-order chi connectivity index (χ0) is 18.1. The number of carbonyl (C=O) groups excluding carboxylic acids is 1. The number of ether oxygens (including phenoxy) is 3. The van der Waals surface area contributed by atoms with Crippen LogP contribution in [0.3, 0.4) is 0 Å². The fraction of sp³-hybridized carbons (Fsp3) is 0.500. The molecule has 0 saturated heterocycles. The van der Waals surface area contributed by atoms with Crippen LogP contribution in [0.25, 0.3) is 0 Å². The highest BCUT2D eigenvalue weighted by molar-refractivity contribution is 5.75. The second-order valence-electron chi connectivity index (χ2n) is 4.88. The van der Waals surface area contributed by atoms with Crippen molar-refractivity contribution in [1.82, 2.24) is 5.32 Å². The van der Waals surface area contributed by atoms with E-state index in [2.05, 4.69) is 5.32 Å². The first-order valence-corrected chi connectivity index (χ1v) is 7.56. The van der Waals surface area contributed by atoms with Gasteiger partial charge in [-0.05, 0) is 38.0 Å². The number of nitrogens with one attached hydrogen (secondary N) is 1. The van der Waals surface area contributed by atoms with E-state index in [9.17, 15) is 14.7 Å². The predicted molar refractivity (Wildman–Crippen MR) is 85.5 cm³/mol. The van der Waals surface area contributed by atoms with Crippen LogP contribution in [0.2, 0.25) is 0 Å². The van der Waals surface area contributed by atoms with Gasteiger partial charge in [-0.2, -0.15) is 0 Å². The van der Waals surface area contributed by atoms with E-state index >= 15 is 0 Å². The monoisotopic (exact) mass is 341 g/mol. The minimum absolute atomic E-state index is 0.0784. The minimum atomic E-state index is -1.77. The molecule has 1 amide bonds. The lowest BCUT2D eigenvalue weighted by Crippen LogP contribution is -2.48. The highest BCUT2D eigenvalue weighted by atomic mass is 16.5. The molecule has 1 aromatic carbocycles. The molecule has 8 nitrogen and oxygen atoms in total. The molecule has 3 N–H and O–H groups in total. The number of carboxylic acid groups (broad SMARTS) is 1. The van der Waals surface area contributed by atoms with Crippen molar-refractivity contribution in [3.8, 4) is 11.5 Å². The van der Waals surface area contributed by atoms with E-state index in [1.807, 2.05) is 6.92 Å². The van der Waals surface area contributed by atoms with E-state index in [0.717, 1.165) is 0 Å². The van der Waals surface area contributed by atoms with E-state index in [4.69, 9.17) is 19.3 Å². The third-order valence-electron chi connectivity index (χ3n) is 3.20. The van der Waals surface area contributed by atoms with Gasteiger partial charge in [-0.15, -0.1) is 0 Å². The van der Waals surface area contributed by atoms with Crippen molar-refractivity contribution < 1.29 is 34.0 Å². The van der Waals surface area contributed by atoms with E-state index in [0.29, 0.717) is 23.7 Å². The Hall–Kier alpha value is -2.48. The average molecular weight is 341 g/mol. The molecule has 0 aromatic heterocycles. The van der Waals surface area contributed by atoms with Crippen LogP contribution in [0.4, 0.5) is 4.79 Å². The maximum atomic E-state index is 11.6. The number of amides is 1. The molecule has 0 aliphatic rings. The molecule has 0 fully saturated rings. The summed E-state index contributed by atoms with van der Waals surface area (Å²) < 4.78 is 15.4. The van der Waals surface area contributed by atoms with Gasteiger partial charge in [0.1, 0.15) is 0 Å². The molecule has 0 heterocycles. The summed E-state index contributed by atoms with van der Waals surface area (Å²) in [6, 6.07) is 4.01. The van der Waals surface area contributed by atoms with E-state index in [-0.39, 0.29) is 13.0 Å². The lowest BCUT2D eigenvalue weighted by molar-refractivity contribution is -0.148. The number of benzene rings is 1. The number of hydrogen-bond donors (Lipinski definition) is 3. The maximum absolute atomic E-state index is 11.6. The highest BCUT2D eigenvalue weighted by Crippen LogP contribution is 2.28. The minimum Gasteiger partial charge on any atom is -0.493 e. The summed E-state index contributed by atoms with van der Waals surface area (Å²) in [4.78, 5) is 22.6. The standard InChI is InChI=1S/C16H23NO7/c1-4-23-12-7-6-10(9-13(12)22-3)8-11(14(18)15(19)20)17-16(21)24-5-2/h6-7,9,11,14,18H,4-5,8H2,1-3H3,(H,17,21)(H,19,20). The van der Waals surface area contributed by atoms with Gasteiger partial charge in [0.25, 0.3) is 0 Å². The summed E-state index contributed by atoms with van der Waals surface area (Å²) in [5.74, 6) is -0.402. The van der Waals surface area contributed by atoms with Crippen molar-refractivity contribution in [3.63, 3.8) is 0 Å². The summed E-state index contributed by atoms with van der Waals surface area (Å²) in [6.45, 7) is 4.08. The molecule has 0 aliphatic heterocycles. The van der Waals surface area contributed by atoms with Crippen LogP contribution >= 0.6 is 0 Å². The topological polar surface area (TPSA) is 114 Å². The molecule has 0 spiro atoms. The number of alkyl carbamates (subject to hydrolysis) is 1. The fourth-order valence-electron chi connectivity index (χ4n) is 2.11. The molecule has 1 rings (SSSR count). The molecule has 2 atom stereocenters. The normalized spacial score (nSPS) is 12.8. The van der Waals surface area contributed by atoms with Crippen LogP contribution in [-0.4, -0.2) is 54.7 Å². The molecule has 0 bridgehead atoms. The van der Waals surface area contributed by atoms with E-state index in [1.165, 1.54) is 7.11 Å². The van der Waals surface area contributed by atoms with Crippen molar-refractivity contribution in [1.29, 1.82) is 0 Å². The van der Waals surface area contributed by atoms with Crippen LogP contribution in [0.5, 0.6) is 11.5 Å². The smallest absolute Gasteiger partial charge is 0.407 e. The first-order valence-electron chi connectivity index (χ1n) is 7.56. The molecule has 0 saturated carbocycles. The largest absolute Gasteiger partial charge is 0.493 e. The first kappa shape index (κ1) is 19.6. The highest BCUT2D eigenvalue weighted by Gasteiger charge is 2.28. The number of aliphatic hydroxyl groups is 1. The van der Waals surface area contributed by atoms with Gasteiger partial charge in [-0.25, -0.2) is 9.59 Å². The van der Waals surface area contributed by atoms with Gasteiger partial charge in [0.05, 0.1) is 26.4 Å². The Morgan fingerprint density at radius 3 is 2.46 bits per heavy atom. The Kier molecular flexibility index (Phi) is 7.84. The SMILES string of the molecule is CCOC(=O)NC(Cc1ccc(OCC)c(OC)c1)C(O)C(=O)O. The second kappa shape index (κ2) is 9.61. The molecular weight excluding hydrogens is 318 g/mol. The first-order chi connectivity index (χ1) is 11.4. The maximum Gasteiger partial charge on any atom is 0.407 e. The van der Waals surface area contributed by atoms with Crippen LogP contribution in [0.1, 0.15) is 19.4 Å². The van der Waals surface area contributed by atoms with Crippen molar-refractivity contribution in [2.45, 2.75) is 32.4 Å². The molecule has 24 heavy (non-hydrogen) atoms. The lowest BCUT2D eigenvalue weighted by atomic mass is 10.0. The number of carboxylic acids is 1. The van der Waals surface area contributed by atoms with Gasteiger partial charge < -0.3 is 29.7 Å². The predicted octanol–water partition coefficient (Wildman–Crippen LogP) is 1.20. The quantitative estimate of drug-likeness (QED) is 0.618. The van der Waals surface area contributed by atoms with E-state index < -0.39 is 24.2 Å². The zero-order valence-electron chi connectivity index (χ0n) is 13.9. The van der Waals surface area contributed by atoms with Gasteiger partial charge in [0, 0.05) is 0 Å². The molecule has 8 heteroatoms. The number of rotatable bonds is 9. The van der Waals surface area contributed by atoms with Crippen LogP contribution in [0.15, 0.2) is 18.2 Å². The third kappa shape index (κ3) is 5.62. The second-order valence-corrected chi connectivity index (χ2v) is 4.88. The average Bonchev–Trinajstić information content (AvgIpc) is 2.55. The fourth-order valence-corrected chi connectivity index (χ4v) is 2.11. The Balaban J connectivity index is 2.96. The Bertz CT molecular complexity index is 561. The van der Waals surface area contributed by atoms with Crippen molar-refractivity contribution in [2.75, 3.05) is 20.3 Å². The van der Waals surface area contributed by atoms with Gasteiger partial charge in [-0.3, -0.25) is 0 Å². The van der Waals surface area contributed by atoms with Gasteiger partial charge in [0.2, 0.25) is 0 Å². The summed E-state index contributed by atoms with van der Waals surface area (Å²) in [5, 5.41) is 21.2. The number of methoxy groups -OCH3 is 1.